The van der Waals surface area contributed by atoms with Crippen LogP contribution in [0.25, 0.3) is 0 Å². The number of halogens is 4. The van der Waals surface area contributed by atoms with Gasteiger partial charge in [-0.25, -0.2) is 8.42 Å². The van der Waals surface area contributed by atoms with E-state index in [9.17, 15) is 21.6 Å². The molecule has 0 aromatic heterocycles. The molecule has 0 spiro atoms. The quantitative estimate of drug-likeness (QED) is 0.459. The van der Waals surface area contributed by atoms with E-state index in [0.29, 0.717) is 0 Å². The van der Waals surface area contributed by atoms with Gasteiger partial charge in [-0.2, -0.15) is 13.2 Å². The minimum absolute atomic E-state index is 0.0272. The molecule has 0 unspecified atom stereocenters. The van der Waals surface area contributed by atoms with Crippen LogP contribution in [-0.2, 0) is 16.2 Å². The molecule has 9 heteroatoms. The van der Waals surface area contributed by atoms with Crippen molar-refractivity contribution in [1.29, 1.82) is 0 Å². The molecule has 0 aliphatic heterocycles. The maximum atomic E-state index is 13.1. The van der Waals surface area contributed by atoms with Gasteiger partial charge in [0.05, 0.1) is 27.7 Å². The van der Waals surface area contributed by atoms with Gasteiger partial charge in [-0.05, 0) is 48.7 Å². The molecule has 0 amide bonds. The third-order valence-corrected chi connectivity index (χ3v) is 6.37. The molecule has 0 atom stereocenters. The molecule has 0 N–H and O–H groups in total. The van der Waals surface area contributed by atoms with Crippen molar-refractivity contribution < 1.29 is 21.6 Å². The van der Waals surface area contributed by atoms with Crippen molar-refractivity contribution >= 4 is 39.1 Å². The Kier molecular flexibility index (Phi) is 6.31. The maximum absolute atomic E-state index is 13.1. The summed E-state index contributed by atoms with van der Waals surface area (Å²) < 4.78 is 66.0. The van der Waals surface area contributed by atoms with Crippen LogP contribution in [0, 0.1) is 0 Å². The van der Waals surface area contributed by atoms with Crippen molar-refractivity contribution in [3.63, 3.8) is 0 Å². The lowest BCUT2D eigenvalue weighted by Gasteiger charge is -2.24. The van der Waals surface area contributed by atoms with Crippen LogP contribution in [-0.4, -0.2) is 21.2 Å². The Morgan fingerprint density at radius 1 is 1.19 bits per heavy atom. The second-order valence-corrected chi connectivity index (χ2v) is 8.31. The number of rotatable bonds is 6. The topological polar surface area (TPSA) is 37.4 Å². The third-order valence-electron chi connectivity index (χ3n) is 3.49. The van der Waals surface area contributed by atoms with Gasteiger partial charge in [0, 0.05) is 4.90 Å². The summed E-state index contributed by atoms with van der Waals surface area (Å²) >= 11 is 7.06. The molecule has 0 bridgehead atoms. The number of benzene rings is 2. The maximum Gasteiger partial charge on any atom is 0.417 e. The van der Waals surface area contributed by atoms with Gasteiger partial charge in [0.25, 0.3) is 10.0 Å². The smallest absolute Gasteiger partial charge is 0.263 e. The summed E-state index contributed by atoms with van der Waals surface area (Å²) in [6.45, 7) is 3.30. The molecule has 0 heterocycles. The molecule has 0 saturated carbocycles. The number of nitrogens with zero attached hydrogens (tertiary/aromatic N) is 1. The standard InChI is InChI=1S/C17H15ClF3NO2S2/c1-3-10-22(12-4-9-16(18)15(11-12)17(19,20)21)26(23,24)14-7-5-13(25-2)6-8-14/h3-9,11H,1,10H2,2H3. The zero-order valence-corrected chi connectivity index (χ0v) is 16.0. The van der Waals surface area contributed by atoms with E-state index in [2.05, 4.69) is 6.58 Å². The van der Waals surface area contributed by atoms with Crippen molar-refractivity contribution in [2.75, 3.05) is 17.1 Å². The first-order valence-corrected chi connectivity index (χ1v) is 10.3. The largest absolute Gasteiger partial charge is 0.417 e. The monoisotopic (exact) mass is 421 g/mol. The molecule has 140 valence electrons. The Labute approximate surface area is 159 Å². The number of hydrogen-bond acceptors (Lipinski definition) is 3. The molecule has 3 nitrogen and oxygen atoms in total. The fourth-order valence-electron chi connectivity index (χ4n) is 2.22. The summed E-state index contributed by atoms with van der Waals surface area (Å²) in [6.07, 6.45) is -1.55. The normalized spacial score (nSPS) is 12.0. The predicted octanol–water partition coefficient (Wildman–Crippen LogP) is 5.46. The van der Waals surface area contributed by atoms with E-state index in [-0.39, 0.29) is 17.1 Å². The summed E-state index contributed by atoms with van der Waals surface area (Å²) in [5, 5.41) is -0.499. The second-order valence-electron chi connectivity index (χ2n) is 5.16. The average molecular weight is 422 g/mol. The molecule has 0 aliphatic carbocycles. The van der Waals surface area contributed by atoms with Crippen LogP contribution in [0.2, 0.25) is 5.02 Å². The van der Waals surface area contributed by atoms with Gasteiger partial charge in [-0.1, -0.05) is 17.7 Å². The number of anilines is 1. The van der Waals surface area contributed by atoms with Crippen LogP contribution in [0.5, 0.6) is 0 Å². The number of sulfonamides is 1. The number of hydrogen-bond donors (Lipinski definition) is 0. The predicted molar refractivity (Wildman–Crippen MR) is 99.4 cm³/mol. The van der Waals surface area contributed by atoms with E-state index in [1.165, 1.54) is 36.0 Å². The highest BCUT2D eigenvalue weighted by atomic mass is 35.5. The number of alkyl halides is 3. The van der Waals surface area contributed by atoms with Crippen LogP contribution in [0.3, 0.4) is 0 Å². The molecule has 0 fully saturated rings. The fraction of sp³-hybridized carbons (Fsp3) is 0.176. The molecule has 2 aromatic carbocycles. The highest BCUT2D eigenvalue weighted by Crippen LogP contribution is 2.38. The average Bonchev–Trinajstić information content (AvgIpc) is 2.59. The van der Waals surface area contributed by atoms with Crippen molar-refractivity contribution in [2.24, 2.45) is 0 Å². The molecular weight excluding hydrogens is 407 g/mol. The zero-order valence-electron chi connectivity index (χ0n) is 13.6. The minimum atomic E-state index is -4.70. The summed E-state index contributed by atoms with van der Waals surface area (Å²) in [6, 6.07) is 9.08. The SMILES string of the molecule is C=CCN(c1ccc(Cl)c(C(F)(F)F)c1)S(=O)(=O)c1ccc(SC)cc1. The van der Waals surface area contributed by atoms with Gasteiger partial charge in [-0.3, -0.25) is 4.31 Å². The first-order valence-electron chi connectivity index (χ1n) is 7.25. The van der Waals surface area contributed by atoms with Gasteiger partial charge >= 0.3 is 6.18 Å². The summed E-state index contributed by atoms with van der Waals surface area (Å²) in [7, 11) is -4.07. The highest BCUT2D eigenvalue weighted by molar-refractivity contribution is 7.98. The van der Waals surface area contributed by atoms with E-state index >= 15 is 0 Å². The Hall–Kier alpha value is -1.64. The van der Waals surface area contributed by atoms with E-state index in [0.717, 1.165) is 21.3 Å². The molecule has 26 heavy (non-hydrogen) atoms. The van der Waals surface area contributed by atoms with Gasteiger partial charge in [0.15, 0.2) is 0 Å². The molecule has 2 rings (SSSR count). The summed E-state index contributed by atoms with van der Waals surface area (Å²) in [4.78, 5) is 0.839. The van der Waals surface area contributed by atoms with E-state index in [1.54, 1.807) is 12.1 Å². The Balaban J connectivity index is 2.56. The van der Waals surface area contributed by atoms with Crippen molar-refractivity contribution in [2.45, 2.75) is 16.0 Å². The zero-order chi connectivity index (χ0) is 19.5. The molecular formula is C17H15ClF3NO2S2. The Morgan fingerprint density at radius 3 is 2.31 bits per heavy atom. The Morgan fingerprint density at radius 2 is 1.81 bits per heavy atom. The van der Waals surface area contributed by atoms with Crippen LogP contribution < -0.4 is 4.31 Å². The van der Waals surface area contributed by atoms with Crippen molar-refractivity contribution in [1.82, 2.24) is 0 Å². The van der Waals surface area contributed by atoms with Crippen LogP contribution in [0.1, 0.15) is 5.56 Å². The van der Waals surface area contributed by atoms with E-state index in [1.807, 2.05) is 6.26 Å². The van der Waals surface area contributed by atoms with Crippen LogP contribution in [0.15, 0.2) is 64.9 Å². The summed E-state index contributed by atoms with van der Waals surface area (Å²) in [5.74, 6) is 0. The first kappa shape index (κ1) is 20.7. The lowest BCUT2D eigenvalue weighted by molar-refractivity contribution is -0.137. The second kappa shape index (κ2) is 7.94. The van der Waals surface area contributed by atoms with Gasteiger partial charge in [0.1, 0.15) is 0 Å². The Bertz CT molecular complexity index is 897. The minimum Gasteiger partial charge on any atom is -0.263 e. The van der Waals surface area contributed by atoms with Crippen LogP contribution in [0.4, 0.5) is 18.9 Å². The third kappa shape index (κ3) is 4.36. The van der Waals surface area contributed by atoms with Crippen molar-refractivity contribution in [3.8, 4) is 0 Å². The van der Waals surface area contributed by atoms with Gasteiger partial charge < -0.3 is 0 Å². The number of thioether (sulfide) groups is 1. The lowest BCUT2D eigenvalue weighted by atomic mass is 10.2. The van der Waals surface area contributed by atoms with E-state index < -0.39 is 26.8 Å². The first-order chi connectivity index (χ1) is 12.1. The highest BCUT2D eigenvalue weighted by Gasteiger charge is 2.35. The molecule has 0 saturated heterocycles. The molecule has 0 aliphatic rings. The van der Waals surface area contributed by atoms with Gasteiger partial charge in [-0.15, -0.1) is 18.3 Å². The van der Waals surface area contributed by atoms with Crippen LogP contribution >= 0.6 is 23.4 Å². The van der Waals surface area contributed by atoms with E-state index in [4.69, 9.17) is 11.6 Å². The lowest BCUT2D eigenvalue weighted by Crippen LogP contribution is -2.31. The van der Waals surface area contributed by atoms with Crippen molar-refractivity contribution in [3.05, 3.63) is 65.7 Å². The molecule has 2 aromatic rings. The summed E-state index contributed by atoms with van der Waals surface area (Å²) in [5.41, 5.74) is -1.24. The van der Waals surface area contributed by atoms with Gasteiger partial charge in [0.2, 0.25) is 0 Å². The molecule has 0 radical (unpaired) electrons. The fourth-order valence-corrected chi connectivity index (χ4v) is 4.28.